The number of halogens is 1. The van der Waals surface area contributed by atoms with E-state index in [0.717, 1.165) is 17.7 Å². The maximum atomic E-state index is 13.5. The van der Waals surface area contributed by atoms with Crippen molar-refractivity contribution in [1.82, 2.24) is 0 Å². The fourth-order valence-corrected chi connectivity index (χ4v) is 7.59. The number of hydrogen-bond acceptors (Lipinski definition) is 9. The molecule has 2 heterocycles. The van der Waals surface area contributed by atoms with E-state index in [4.69, 9.17) is 9.47 Å². The number of nitrogens with zero attached hydrogens (tertiary/aromatic N) is 1. The van der Waals surface area contributed by atoms with Crippen molar-refractivity contribution in [3.8, 4) is 0 Å². The number of carbonyl (C=O) groups excluding carboxylic acids is 1. The Labute approximate surface area is 279 Å². The van der Waals surface area contributed by atoms with Gasteiger partial charge in [0.05, 0.1) is 31.5 Å². The number of amides is 1. The van der Waals surface area contributed by atoms with E-state index in [1.54, 1.807) is 17.0 Å². The Balaban J connectivity index is 1.15. The Morgan fingerprint density at radius 1 is 0.938 bits per heavy atom. The average Bonchev–Trinajstić information content (AvgIpc) is 3.10. The third-order valence-corrected chi connectivity index (χ3v) is 10.6. The molecule has 1 saturated carbocycles. The van der Waals surface area contributed by atoms with E-state index in [1.165, 1.54) is 24.3 Å². The normalized spacial score (nSPS) is 34.5. The van der Waals surface area contributed by atoms with Gasteiger partial charge in [-0.1, -0.05) is 61.5 Å². The minimum atomic E-state index is -1.46. The van der Waals surface area contributed by atoms with Crippen LogP contribution in [0.2, 0.25) is 0 Å². The van der Waals surface area contributed by atoms with Crippen molar-refractivity contribution in [3.63, 3.8) is 0 Å². The molecule has 6 N–H and O–H groups in total. The first-order chi connectivity index (χ1) is 23.0. The SMILES string of the molecule is C[C@]1([C@@H]2[C@@H](OCC[C@H](O)c3ccc(F)cc3)C(=O)N2c2ccccc2)CCC(c2ccc(C3O[C@H](CO)[C@@H](O)[C@H](O)[C@H]3O)cc2)CC1O. The van der Waals surface area contributed by atoms with Gasteiger partial charge in [0, 0.05) is 17.5 Å². The van der Waals surface area contributed by atoms with Gasteiger partial charge in [-0.3, -0.25) is 4.79 Å². The van der Waals surface area contributed by atoms with Crippen LogP contribution in [-0.2, 0) is 14.3 Å². The van der Waals surface area contributed by atoms with Crippen LogP contribution in [0.15, 0.2) is 78.9 Å². The van der Waals surface area contributed by atoms with Crippen LogP contribution in [0.4, 0.5) is 10.1 Å². The molecule has 3 fully saturated rings. The summed E-state index contributed by atoms with van der Waals surface area (Å²) in [6, 6.07) is 21.9. The van der Waals surface area contributed by atoms with Crippen molar-refractivity contribution in [2.24, 2.45) is 5.41 Å². The first kappa shape index (κ1) is 34.6. The van der Waals surface area contributed by atoms with Crippen LogP contribution >= 0.6 is 0 Å². The third kappa shape index (κ3) is 6.54. The number of carbonyl (C=O) groups is 1. The zero-order chi connectivity index (χ0) is 34.2. The quantitative estimate of drug-likeness (QED) is 0.179. The summed E-state index contributed by atoms with van der Waals surface area (Å²) < 4.78 is 25.2. The number of benzene rings is 3. The second-order valence-corrected chi connectivity index (χ2v) is 13.5. The molecule has 3 aromatic carbocycles. The molecule has 11 heteroatoms. The maximum absolute atomic E-state index is 13.5. The number of β-lactam (4-membered cyclic amide) rings is 1. The molecule has 258 valence electrons. The minimum absolute atomic E-state index is 0.0168. The second kappa shape index (κ2) is 14.3. The lowest BCUT2D eigenvalue weighted by Crippen LogP contribution is -2.74. The number of rotatable bonds is 10. The number of hydrogen-bond donors (Lipinski definition) is 6. The Bertz CT molecular complexity index is 1520. The van der Waals surface area contributed by atoms with Gasteiger partial charge >= 0.3 is 0 Å². The van der Waals surface area contributed by atoms with Crippen molar-refractivity contribution in [2.45, 2.75) is 93.4 Å². The minimum Gasteiger partial charge on any atom is -0.394 e. The highest BCUT2D eigenvalue weighted by Gasteiger charge is 2.60. The van der Waals surface area contributed by atoms with E-state index in [2.05, 4.69) is 0 Å². The van der Waals surface area contributed by atoms with Crippen LogP contribution in [-0.4, -0.2) is 92.4 Å². The van der Waals surface area contributed by atoms with Gasteiger partial charge < -0.3 is 45.0 Å². The van der Waals surface area contributed by atoms with Gasteiger partial charge in [-0.25, -0.2) is 4.39 Å². The molecule has 0 bridgehead atoms. The first-order valence-corrected chi connectivity index (χ1v) is 16.5. The van der Waals surface area contributed by atoms with Crippen molar-refractivity contribution >= 4 is 11.6 Å². The van der Waals surface area contributed by atoms with Gasteiger partial charge in [0.15, 0.2) is 6.10 Å². The second-order valence-electron chi connectivity index (χ2n) is 13.5. The molecule has 1 amide bonds. The molecule has 2 saturated heterocycles. The van der Waals surface area contributed by atoms with Gasteiger partial charge in [0.1, 0.15) is 36.3 Å². The topological polar surface area (TPSA) is 160 Å². The fraction of sp³-hybridized carbons (Fsp3) is 0.486. The summed E-state index contributed by atoms with van der Waals surface area (Å²) in [5.41, 5.74) is 2.16. The zero-order valence-electron chi connectivity index (χ0n) is 26.8. The summed E-state index contributed by atoms with van der Waals surface area (Å²) in [6.45, 7) is 1.59. The molecular weight excluding hydrogens is 621 g/mol. The smallest absolute Gasteiger partial charge is 0.258 e. The van der Waals surface area contributed by atoms with Crippen molar-refractivity contribution in [1.29, 1.82) is 0 Å². The van der Waals surface area contributed by atoms with Gasteiger partial charge in [-0.15, -0.1) is 0 Å². The average molecular weight is 666 g/mol. The molecule has 11 atom stereocenters. The molecule has 3 unspecified atom stereocenters. The maximum Gasteiger partial charge on any atom is 0.258 e. The highest BCUT2D eigenvalue weighted by Crippen LogP contribution is 2.51. The molecule has 0 spiro atoms. The van der Waals surface area contributed by atoms with E-state index < -0.39 is 72.7 Å². The number of aliphatic hydroxyl groups is 6. The van der Waals surface area contributed by atoms with E-state index in [1.807, 2.05) is 49.4 Å². The lowest BCUT2D eigenvalue weighted by Gasteiger charge is -2.58. The number of para-hydroxylation sites is 1. The summed E-state index contributed by atoms with van der Waals surface area (Å²) in [4.78, 5) is 15.2. The monoisotopic (exact) mass is 665 g/mol. The molecule has 3 aliphatic rings. The van der Waals surface area contributed by atoms with Gasteiger partial charge in [0.25, 0.3) is 5.91 Å². The fourth-order valence-electron chi connectivity index (χ4n) is 7.59. The van der Waals surface area contributed by atoms with Gasteiger partial charge in [0.2, 0.25) is 0 Å². The number of aliphatic hydroxyl groups excluding tert-OH is 6. The van der Waals surface area contributed by atoms with Crippen LogP contribution < -0.4 is 4.90 Å². The Morgan fingerprint density at radius 3 is 2.25 bits per heavy atom. The molecule has 1 aliphatic carbocycles. The van der Waals surface area contributed by atoms with E-state index in [9.17, 15) is 39.8 Å². The predicted molar refractivity (Wildman–Crippen MR) is 173 cm³/mol. The predicted octanol–water partition coefficient (Wildman–Crippen LogP) is 2.90. The van der Waals surface area contributed by atoms with Crippen LogP contribution in [0.3, 0.4) is 0 Å². The highest BCUT2D eigenvalue weighted by atomic mass is 19.1. The van der Waals surface area contributed by atoms with Gasteiger partial charge in [-0.05, 0) is 66.1 Å². The largest absolute Gasteiger partial charge is 0.394 e. The van der Waals surface area contributed by atoms with Crippen molar-refractivity contribution in [2.75, 3.05) is 18.1 Å². The van der Waals surface area contributed by atoms with Gasteiger partial charge in [-0.2, -0.15) is 0 Å². The zero-order valence-corrected chi connectivity index (χ0v) is 26.8. The Kier molecular flexibility index (Phi) is 10.3. The van der Waals surface area contributed by atoms with Crippen molar-refractivity contribution < 1.29 is 49.3 Å². The summed E-state index contributed by atoms with van der Waals surface area (Å²) in [6.07, 6.45) is -6.66. The van der Waals surface area contributed by atoms with Crippen molar-refractivity contribution in [3.05, 3.63) is 101 Å². The molecule has 0 radical (unpaired) electrons. The summed E-state index contributed by atoms with van der Waals surface area (Å²) in [5.74, 6) is -0.581. The van der Waals surface area contributed by atoms with E-state index in [0.29, 0.717) is 24.0 Å². The molecule has 48 heavy (non-hydrogen) atoms. The number of anilines is 1. The summed E-state index contributed by atoms with van der Waals surface area (Å²) >= 11 is 0. The molecule has 3 aromatic rings. The molecule has 2 aliphatic heterocycles. The summed E-state index contributed by atoms with van der Waals surface area (Å²) in [5, 5.41) is 62.8. The van der Waals surface area contributed by atoms with Crippen LogP contribution in [0.5, 0.6) is 0 Å². The summed E-state index contributed by atoms with van der Waals surface area (Å²) in [7, 11) is 0. The standard InChI is InChI=1S/C37H44FNO9/c1-37(17-15-24(19-29(37)42)21-7-9-23(10-8-21)33-32(45)31(44)30(43)28(20-40)48-33)35-34(36(46)39(35)26-5-3-2-4-6-26)47-18-16-27(41)22-11-13-25(38)14-12-22/h2-14,24,27-35,40-45H,15-20H2,1H3/t24?,27-,28+,29?,30+,31-,32+,33?,34+,35-,37-/m0/s1. The first-order valence-electron chi connectivity index (χ1n) is 16.5. The molecule has 6 rings (SSSR count). The molecular formula is C37H44FNO9. The molecule has 0 aromatic heterocycles. The van der Waals surface area contributed by atoms with E-state index >= 15 is 0 Å². The van der Waals surface area contributed by atoms with Crippen LogP contribution in [0.25, 0.3) is 0 Å². The third-order valence-electron chi connectivity index (χ3n) is 10.6. The van der Waals surface area contributed by atoms with Crippen LogP contribution in [0, 0.1) is 11.2 Å². The molecule has 10 nitrogen and oxygen atoms in total. The number of ether oxygens (including phenoxy) is 2. The van der Waals surface area contributed by atoms with Crippen LogP contribution in [0.1, 0.15) is 67.4 Å². The Hall–Kier alpha value is -3.26. The highest BCUT2D eigenvalue weighted by molar-refractivity contribution is 6.05. The van der Waals surface area contributed by atoms with E-state index in [-0.39, 0.29) is 24.9 Å². The lowest BCUT2D eigenvalue weighted by atomic mass is 9.60. The lowest BCUT2D eigenvalue weighted by molar-refractivity contribution is -0.231. The Morgan fingerprint density at radius 2 is 1.60 bits per heavy atom.